The largest absolute Gasteiger partial charge is 0.489 e. The number of hydrogen-bond acceptors (Lipinski definition) is 6. The molecule has 1 aromatic heterocycles. The van der Waals surface area contributed by atoms with Crippen molar-refractivity contribution in [1.29, 1.82) is 0 Å². The molecule has 7 heteroatoms. The molecule has 0 unspecified atom stereocenters. The maximum atomic E-state index is 6.10. The molecule has 1 fully saturated rings. The van der Waals surface area contributed by atoms with Gasteiger partial charge in [-0.3, -0.25) is 0 Å². The van der Waals surface area contributed by atoms with E-state index >= 15 is 0 Å². The van der Waals surface area contributed by atoms with Gasteiger partial charge in [-0.25, -0.2) is 4.98 Å². The summed E-state index contributed by atoms with van der Waals surface area (Å²) in [5.74, 6) is 2.89. The molecule has 0 saturated heterocycles. The minimum absolute atomic E-state index is 0.456. The van der Waals surface area contributed by atoms with E-state index in [-0.39, 0.29) is 0 Å². The van der Waals surface area contributed by atoms with Crippen LogP contribution in [0.15, 0.2) is 89.3 Å². The van der Waals surface area contributed by atoms with Gasteiger partial charge in [0.2, 0.25) is 5.95 Å². The van der Waals surface area contributed by atoms with Crippen LogP contribution in [0.25, 0.3) is 0 Å². The van der Waals surface area contributed by atoms with Crippen LogP contribution in [0, 0.1) is 5.92 Å². The van der Waals surface area contributed by atoms with Crippen molar-refractivity contribution in [2.24, 2.45) is 11.7 Å². The first-order chi connectivity index (χ1) is 15.1. The molecule has 0 radical (unpaired) electrons. The van der Waals surface area contributed by atoms with Crippen LogP contribution in [0.2, 0.25) is 0 Å². The van der Waals surface area contributed by atoms with E-state index in [0.29, 0.717) is 30.1 Å². The highest BCUT2D eigenvalue weighted by Crippen LogP contribution is 2.36. The van der Waals surface area contributed by atoms with Crippen molar-refractivity contribution < 1.29 is 4.74 Å². The summed E-state index contributed by atoms with van der Waals surface area (Å²) < 4.78 is 6.54. The monoisotopic (exact) mass is 477 g/mol. The summed E-state index contributed by atoms with van der Waals surface area (Å²) in [6.07, 6.45) is 5.92. The molecule has 158 valence electrons. The topological polar surface area (TPSA) is 85.1 Å². The maximum absolute atomic E-state index is 6.10. The van der Waals surface area contributed by atoms with Crippen LogP contribution in [0.4, 0.5) is 17.5 Å². The molecule has 0 amide bonds. The number of nitrogens with two attached hydrogens (primary N) is 1. The second-order valence-electron chi connectivity index (χ2n) is 7.39. The standard InChI is InChI=1S/C24H24BrN5O/c1-16(18-7-8-18)13-22(26)29-23-21(25)14-27-24(30-23)28-19-9-11-20(12-10-19)31-15-17-5-3-2-4-6-17/h2-6,9-14,18H,1,7-8,15,26H2,(H2,27,28,29,30)/b22-13+. The fourth-order valence-electron chi connectivity index (χ4n) is 2.96. The lowest BCUT2D eigenvalue weighted by atomic mass is 10.2. The van der Waals surface area contributed by atoms with Gasteiger partial charge in [0.25, 0.3) is 0 Å². The van der Waals surface area contributed by atoms with Gasteiger partial charge in [0, 0.05) is 11.9 Å². The van der Waals surface area contributed by atoms with Gasteiger partial charge in [-0.2, -0.15) is 4.98 Å². The first-order valence-corrected chi connectivity index (χ1v) is 10.9. The Labute approximate surface area is 190 Å². The van der Waals surface area contributed by atoms with Crippen molar-refractivity contribution in [2.75, 3.05) is 10.6 Å². The van der Waals surface area contributed by atoms with Gasteiger partial charge in [0.15, 0.2) is 5.82 Å². The predicted molar refractivity (Wildman–Crippen MR) is 128 cm³/mol. The van der Waals surface area contributed by atoms with Gasteiger partial charge in [-0.1, -0.05) is 36.9 Å². The normalized spacial score (nSPS) is 13.5. The number of halogens is 1. The number of ether oxygens (including phenoxy) is 1. The van der Waals surface area contributed by atoms with Gasteiger partial charge in [-0.05, 0) is 76.2 Å². The quantitative estimate of drug-likeness (QED) is 0.340. The first kappa shape index (κ1) is 20.9. The van der Waals surface area contributed by atoms with Gasteiger partial charge >= 0.3 is 0 Å². The molecule has 1 saturated carbocycles. The van der Waals surface area contributed by atoms with E-state index in [0.717, 1.165) is 27.0 Å². The first-order valence-electron chi connectivity index (χ1n) is 10.1. The molecule has 0 spiro atoms. The molecule has 0 aliphatic heterocycles. The number of nitrogens with zero attached hydrogens (tertiary/aromatic N) is 2. The van der Waals surface area contributed by atoms with Crippen molar-refractivity contribution in [3.63, 3.8) is 0 Å². The highest BCUT2D eigenvalue weighted by molar-refractivity contribution is 9.10. The average Bonchev–Trinajstić information content (AvgIpc) is 3.62. The average molecular weight is 478 g/mol. The van der Waals surface area contributed by atoms with Crippen LogP contribution in [-0.4, -0.2) is 9.97 Å². The number of hydrogen-bond donors (Lipinski definition) is 3. The Kier molecular flexibility index (Phi) is 6.52. The van der Waals surface area contributed by atoms with Crippen LogP contribution < -0.4 is 21.1 Å². The fraction of sp³-hybridized carbons (Fsp3) is 0.167. The van der Waals surface area contributed by atoms with E-state index in [2.05, 4.69) is 43.1 Å². The Morgan fingerprint density at radius 3 is 2.61 bits per heavy atom. The Morgan fingerprint density at radius 2 is 1.90 bits per heavy atom. The number of allylic oxidation sites excluding steroid dienone is 2. The molecule has 4 rings (SSSR count). The molecular weight excluding hydrogens is 454 g/mol. The van der Waals surface area contributed by atoms with Gasteiger partial charge in [0.1, 0.15) is 18.2 Å². The zero-order valence-electron chi connectivity index (χ0n) is 17.0. The third-order valence-electron chi connectivity index (χ3n) is 4.81. The molecule has 31 heavy (non-hydrogen) atoms. The van der Waals surface area contributed by atoms with Gasteiger partial charge in [0.05, 0.1) is 4.47 Å². The molecule has 4 N–H and O–H groups in total. The number of nitrogens with one attached hydrogen (secondary N) is 2. The van der Waals surface area contributed by atoms with Crippen LogP contribution in [0.1, 0.15) is 18.4 Å². The van der Waals surface area contributed by atoms with E-state index in [1.165, 1.54) is 12.8 Å². The summed E-state index contributed by atoms with van der Waals surface area (Å²) >= 11 is 3.46. The summed E-state index contributed by atoms with van der Waals surface area (Å²) in [5.41, 5.74) is 9.13. The van der Waals surface area contributed by atoms with Crippen molar-refractivity contribution in [3.8, 4) is 5.75 Å². The van der Waals surface area contributed by atoms with Gasteiger partial charge in [-0.15, -0.1) is 0 Å². The minimum atomic E-state index is 0.456. The predicted octanol–water partition coefficient (Wildman–Crippen LogP) is 5.74. The van der Waals surface area contributed by atoms with E-state index < -0.39 is 0 Å². The highest BCUT2D eigenvalue weighted by atomic mass is 79.9. The van der Waals surface area contributed by atoms with Crippen molar-refractivity contribution in [3.05, 3.63) is 94.9 Å². The van der Waals surface area contributed by atoms with E-state index in [9.17, 15) is 0 Å². The maximum Gasteiger partial charge on any atom is 0.229 e. The Hall–Kier alpha value is -3.32. The number of aromatic nitrogens is 2. The molecule has 0 atom stereocenters. The zero-order chi connectivity index (χ0) is 21.6. The molecule has 1 aliphatic rings. The van der Waals surface area contributed by atoms with Crippen molar-refractivity contribution >= 4 is 33.4 Å². The SMILES string of the molecule is C=C(/C=C(\N)Nc1nc(Nc2ccc(OCc3ccccc3)cc2)ncc1Br)C1CC1. The summed E-state index contributed by atoms with van der Waals surface area (Å²) in [7, 11) is 0. The highest BCUT2D eigenvalue weighted by Gasteiger charge is 2.23. The smallest absolute Gasteiger partial charge is 0.229 e. The second-order valence-corrected chi connectivity index (χ2v) is 8.24. The van der Waals surface area contributed by atoms with Crippen molar-refractivity contribution in [1.82, 2.24) is 9.97 Å². The lowest BCUT2D eigenvalue weighted by molar-refractivity contribution is 0.306. The second kappa shape index (κ2) is 9.66. The lowest BCUT2D eigenvalue weighted by Gasteiger charge is -2.11. The van der Waals surface area contributed by atoms with Crippen LogP contribution in [0.3, 0.4) is 0 Å². The molecule has 6 nitrogen and oxygen atoms in total. The zero-order valence-corrected chi connectivity index (χ0v) is 18.6. The summed E-state index contributed by atoms with van der Waals surface area (Å²) in [5, 5.41) is 6.31. The Balaban J connectivity index is 1.37. The minimum Gasteiger partial charge on any atom is -0.489 e. The van der Waals surface area contributed by atoms with E-state index in [1.54, 1.807) is 6.20 Å². The van der Waals surface area contributed by atoms with Crippen molar-refractivity contribution in [2.45, 2.75) is 19.4 Å². The molecule has 2 aromatic carbocycles. The summed E-state index contributed by atoms with van der Waals surface area (Å²) in [6.45, 7) is 4.60. The molecular formula is C24H24BrN5O. The third-order valence-corrected chi connectivity index (χ3v) is 5.39. The number of rotatable bonds is 9. The Bertz CT molecular complexity index is 1080. The molecule has 3 aromatic rings. The lowest BCUT2D eigenvalue weighted by Crippen LogP contribution is -2.12. The summed E-state index contributed by atoms with van der Waals surface area (Å²) in [4.78, 5) is 8.83. The van der Waals surface area contributed by atoms with E-state index in [1.807, 2.05) is 60.7 Å². The third kappa shape index (κ3) is 6.08. The molecule has 1 heterocycles. The molecule has 1 aliphatic carbocycles. The van der Waals surface area contributed by atoms with E-state index in [4.69, 9.17) is 10.5 Å². The number of anilines is 3. The summed E-state index contributed by atoms with van der Waals surface area (Å²) in [6, 6.07) is 17.7. The van der Waals surface area contributed by atoms with Crippen LogP contribution in [0.5, 0.6) is 5.75 Å². The van der Waals surface area contributed by atoms with Gasteiger partial charge < -0.3 is 21.1 Å². The molecule has 0 bridgehead atoms. The van der Waals surface area contributed by atoms with Crippen LogP contribution >= 0.6 is 15.9 Å². The number of benzene rings is 2. The van der Waals surface area contributed by atoms with Crippen LogP contribution in [-0.2, 0) is 6.61 Å². The fourth-order valence-corrected chi connectivity index (χ4v) is 3.25. The Morgan fingerprint density at radius 1 is 1.16 bits per heavy atom.